The maximum absolute atomic E-state index is 12.6. The van der Waals surface area contributed by atoms with Gasteiger partial charge in [-0.15, -0.1) is 0 Å². The van der Waals surface area contributed by atoms with E-state index in [-0.39, 0.29) is 28.6 Å². The van der Waals surface area contributed by atoms with E-state index in [1.165, 1.54) is 18.2 Å². The number of hydrogen-bond acceptors (Lipinski definition) is 4. The van der Waals surface area contributed by atoms with Gasteiger partial charge in [-0.1, -0.05) is 29.8 Å². The minimum absolute atomic E-state index is 0.0974. The molecule has 1 fully saturated rings. The monoisotopic (exact) mass is 390 g/mol. The molecule has 2 aromatic carbocycles. The van der Waals surface area contributed by atoms with Crippen molar-refractivity contribution in [3.63, 3.8) is 0 Å². The van der Waals surface area contributed by atoms with Gasteiger partial charge in [0.1, 0.15) is 4.90 Å². The van der Waals surface area contributed by atoms with E-state index in [1.807, 2.05) is 6.07 Å². The fourth-order valence-corrected chi connectivity index (χ4v) is 5.02. The van der Waals surface area contributed by atoms with Gasteiger partial charge in [0.15, 0.2) is 0 Å². The highest BCUT2D eigenvalue weighted by molar-refractivity contribution is 7.90. The molecule has 2 aromatic rings. The minimum atomic E-state index is -3.88. The van der Waals surface area contributed by atoms with Crippen LogP contribution in [-0.4, -0.2) is 30.6 Å². The van der Waals surface area contributed by atoms with Crippen LogP contribution in [0.4, 0.5) is 0 Å². The van der Waals surface area contributed by atoms with Crippen LogP contribution in [0.5, 0.6) is 0 Å². The largest absolute Gasteiger partial charge is 0.348 e. The number of halogens is 1. The van der Waals surface area contributed by atoms with Crippen molar-refractivity contribution in [3.8, 4) is 0 Å². The van der Waals surface area contributed by atoms with Crippen molar-refractivity contribution in [3.05, 3.63) is 64.2 Å². The molecule has 2 aliphatic rings. The number of carbonyl (C=O) groups excluding carboxylic acids is 2. The summed E-state index contributed by atoms with van der Waals surface area (Å²) in [4.78, 5) is 24.7. The number of nitrogens with one attached hydrogen (secondary N) is 1. The third-order valence-electron chi connectivity index (χ3n) is 4.49. The molecule has 134 valence electrons. The Morgan fingerprint density at radius 3 is 2.62 bits per heavy atom. The van der Waals surface area contributed by atoms with Crippen molar-refractivity contribution in [2.75, 3.05) is 0 Å². The van der Waals surface area contributed by atoms with Gasteiger partial charge in [0, 0.05) is 23.2 Å². The van der Waals surface area contributed by atoms with Crippen molar-refractivity contribution in [2.45, 2.75) is 30.3 Å². The van der Waals surface area contributed by atoms with Crippen LogP contribution in [0.25, 0.3) is 0 Å². The van der Waals surface area contributed by atoms with E-state index in [4.69, 9.17) is 11.6 Å². The first-order valence-corrected chi connectivity index (χ1v) is 9.96. The maximum atomic E-state index is 12.6. The quantitative estimate of drug-likeness (QED) is 0.869. The van der Waals surface area contributed by atoms with Gasteiger partial charge in [0.25, 0.3) is 21.8 Å². The average molecular weight is 391 g/mol. The standard InChI is InChI=1S/C18H15ClN2O4S/c19-15-4-2-1-3-12(15)10-20-17(22)11-5-8-14-16(9-11)26(24,25)21(18(14)23)13-6-7-13/h1-5,8-9,13H,6-7,10H2,(H,20,22). The third kappa shape index (κ3) is 2.77. The molecule has 8 heteroatoms. The summed E-state index contributed by atoms with van der Waals surface area (Å²) in [5.41, 5.74) is 1.07. The number of rotatable bonds is 4. The van der Waals surface area contributed by atoms with Crippen LogP contribution >= 0.6 is 11.6 Å². The highest BCUT2D eigenvalue weighted by atomic mass is 35.5. The molecule has 0 aromatic heterocycles. The van der Waals surface area contributed by atoms with Gasteiger partial charge in [-0.3, -0.25) is 9.59 Å². The van der Waals surface area contributed by atoms with Crippen LogP contribution in [0.15, 0.2) is 47.4 Å². The van der Waals surface area contributed by atoms with Crippen molar-refractivity contribution in [1.29, 1.82) is 0 Å². The van der Waals surface area contributed by atoms with Gasteiger partial charge in [0.2, 0.25) is 0 Å². The molecule has 0 bridgehead atoms. The van der Waals surface area contributed by atoms with Crippen LogP contribution in [0.1, 0.15) is 39.1 Å². The molecule has 6 nitrogen and oxygen atoms in total. The zero-order valence-corrected chi connectivity index (χ0v) is 15.2. The van der Waals surface area contributed by atoms with Crippen molar-refractivity contribution in [1.82, 2.24) is 9.62 Å². The summed E-state index contributed by atoms with van der Waals surface area (Å²) < 4.78 is 26.2. The second-order valence-electron chi connectivity index (χ2n) is 6.32. The summed E-state index contributed by atoms with van der Waals surface area (Å²) in [6.45, 7) is 0.218. The Morgan fingerprint density at radius 1 is 1.19 bits per heavy atom. The average Bonchev–Trinajstić information content (AvgIpc) is 3.42. The fraction of sp³-hybridized carbons (Fsp3) is 0.222. The number of benzene rings is 2. The lowest BCUT2D eigenvalue weighted by atomic mass is 10.1. The van der Waals surface area contributed by atoms with E-state index >= 15 is 0 Å². The zero-order valence-electron chi connectivity index (χ0n) is 13.6. The lowest BCUT2D eigenvalue weighted by molar-refractivity contribution is 0.0863. The number of carbonyl (C=O) groups is 2. The molecule has 0 saturated heterocycles. The fourth-order valence-electron chi connectivity index (χ4n) is 2.98. The molecule has 1 heterocycles. The molecule has 4 rings (SSSR count). The van der Waals surface area contributed by atoms with E-state index in [0.29, 0.717) is 17.9 Å². The van der Waals surface area contributed by atoms with E-state index in [0.717, 1.165) is 9.87 Å². The minimum Gasteiger partial charge on any atom is -0.348 e. The molecular formula is C18H15ClN2O4S. The maximum Gasteiger partial charge on any atom is 0.269 e. The van der Waals surface area contributed by atoms with Gasteiger partial charge in [-0.25, -0.2) is 12.7 Å². The molecule has 0 unspecified atom stereocenters. The lowest BCUT2D eigenvalue weighted by Gasteiger charge is -2.13. The molecule has 26 heavy (non-hydrogen) atoms. The summed E-state index contributed by atoms with van der Waals surface area (Å²) in [5.74, 6) is -0.939. The number of sulfonamides is 1. The van der Waals surface area contributed by atoms with Gasteiger partial charge >= 0.3 is 0 Å². The SMILES string of the molecule is O=C(NCc1ccccc1Cl)c1ccc2c(c1)S(=O)(=O)N(C1CC1)C2=O. The normalized spacial score (nSPS) is 17.9. The second kappa shape index (κ2) is 6.10. The molecule has 1 saturated carbocycles. The van der Waals surface area contributed by atoms with Crippen LogP contribution in [0, 0.1) is 0 Å². The van der Waals surface area contributed by atoms with E-state index < -0.39 is 21.8 Å². The van der Waals surface area contributed by atoms with Crippen molar-refractivity contribution >= 4 is 33.4 Å². The number of nitrogens with zero attached hydrogens (tertiary/aromatic N) is 1. The van der Waals surface area contributed by atoms with Crippen LogP contribution in [0.3, 0.4) is 0 Å². The van der Waals surface area contributed by atoms with E-state index in [1.54, 1.807) is 18.2 Å². The van der Waals surface area contributed by atoms with Crippen molar-refractivity contribution in [2.24, 2.45) is 0 Å². The van der Waals surface area contributed by atoms with Crippen LogP contribution < -0.4 is 5.32 Å². The van der Waals surface area contributed by atoms with Gasteiger partial charge in [0.05, 0.1) is 5.56 Å². The van der Waals surface area contributed by atoms with Gasteiger partial charge in [-0.05, 0) is 42.7 Å². The zero-order chi connectivity index (χ0) is 18.5. The van der Waals surface area contributed by atoms with Crippen LogP contribution in [-0.2, 0) is 16.6 Å². The number of fused-ring (bicyclic) bond motifs is 1. The van der Waals surface area contributed by atoms with Gasteiger partial charge in [-0.2, -0.15) is 0 Å². The number of amides is 2. The Balaban J connectivity index is 1.58. The first-order valence-electron chi connectivity index (χ1n) is 8.14. The van der Waals surface area contributed by atoms with Crippen molar-refractivity contribution < 1.29 is 18.0 Å². The predicted molar refractivity (Wildman–Crippen MR) is 95.4 cm³/mol. The predicted octanol–water partition coefficient (Wildman–Crippen LogP) is 2.58. The first kappa shape index (κ1) is 17.1. The summed E-state index contributed by atoms with van der Waals surface area (Å²) in [6, 6.07) is 11.0. The Hall–Kier alpha value is -2.38. The third-order valence-corrected chi connectivity index (χ3v) is 6.73. The molecule has 0 atom stereocenters. The summed E-state index contributed by atoms with van der Waals surface area (Å²) in [5, 5.41) is 3.25. The number of hydrogen-bond donors (Lipinski definition) is 1. The molecular weight excluding hydrogens is 376 g/mol. The summed E-state index contributed by atoms with van der Waals surface area (Å²) >= 11 is 6.06. The van der Waals surface area contributed by atoms with E-state index in [9.17, 15) is 18.0 Å². The highest BCUT2D eigenvalue weighted by Gasteiger charge is 2.48. The molecule has 1 aliphatic carbocycles. The topological polar surface area (TPSA) is 83.6 Å². The molecule has 0 spiro atoms. The Morgan fingerprint density at radius 2 is 1.92 bits per heavy atom. The smallest absolute Gasteiger partial charge is 0.269 e. The molecule has 0 radical (unpaired) electrons. The highest BCUT2D eigenvalue weighted by Crippen LogP contribution is 2.39. The van der Waals surface area contributed by atoms with Gasteiger partial charge < -0.3 is 5.32 Å². The molecule has 2 amide bonds. The Labute approximate surface area is 155 Å². The lowest BCUT2D eigenvalue weighted by Crippen LogP contribution is -2.32. The molecule has 1 N–H and O–H groups in total. The van der Waals surface area contributed by atoms with Crippen LogP contribution in [0.2, 0.25) is 5.02 Å². The second-order valence-corrected chi connectivity index (χ2v) is 8.51. The first-order chi connectivity index (χ1) is 12.4. The Kier molecular flexibility index (Phi) is 4.00. The summed E-state index contributed by atoms with van der Waals surface area (Å²) in [7, 11) is -3.88. The summed E-state index contributed by atoms with van der Waals surface area (Å²) in [6.07, 6.45) is 1.37. The van der Waals surface area contributed by atoms with E-state index in [2.05, 4.69) is 5.32 Å². The Bertz CT molecular complexity index is 1030. The molecule has 1 aliphatic heterocycles.